The third kappa shape index (κ3) is 4.11. The molecule has 0 aliphatic heterocycles. The number of imidazole rings is 1. The second kappa shape index (κ2) is 8.82. The number of hydrogen-bond donors (Lipinski definition) is 0. The SMILES string of the molecule is C=NN(C(=C)C)C(=N\CCCc1nc2c3cccnc3ccc2n1C)/C(C)=C\C. The Labute approximate surface area is 172 Å². The van der Waals surface area contributed by atoms with Crippen LogP contribution < -0.4 is 0 Å². The van der Waals surface area contributed by atoms with Crippen molar-refractivity contribution in [3.05, 3.63) is 60.2 Å². The van der Waals surface area contributed by atoms with Gasteiger partial charge in [-0.2, -0.15) is 5.10 Å². The summed E-state index contributed by atoms with van der Waals surface area (Å²) in [5.74, 6) is 1.84. The van der Waals surface area contributed by atoms with Gasteiger partial charge in [-0.3, -0.25) is 9.98 Å². The van der Waals surface area contributed by atoms with Gasteiger partial charge in [0.25, 0.3) is 0 Å². The highest BCUT2D eigenvalue weighted by atomic mass is 15.5. The predicted molar refractivity (Wildman–Crippen MR) is 122 cm³/mol. The second-order valence-electron chi connectivity index (χ2n) is 7.06. The molecule has 0 aliphatic rings. The molecule has 150 valence electrons. The van der Waals surface area contributed by atoms with Gasteiger partial charge in [0, 0.05) is 44.0 Å². The quantitative estimate of drug-likeness (QED) is 0.251. The molecule has 6 nitrogen and oxygen atoms in total. The van der Waals surface area contributed by atoms with E-state index in [1.807, 2.05) is 45.2 Å². The average Bonchev–Trinajstić information content (AvgIpc) is 3.05. The Hall–Kier alpha value is -3.28. The van der Waals surface area contributed by atoms with Gasteiger partial charge in [0.1, 0.15) is 5.82 Å². The molecule has 0 saturated heterocycles. The lowest BCUT2D eigenvalue weighted by Gasteiger charge is -2.21. The molecule has 6 heteroatoms. The lowest BCUT2D eigenvalue weighted by Crippen LogP contribution is -2.25. The average molecular weight is 389 g/mol. The van der Waals surface area contributed by atoms with Crippen LogP contribution in [0.1, 0.15) is 33.0 Å². The molecular weight excluding hydrogens is 360 g/mol. The van der Waals surface area contributed by atoms with E-state index < -0.39 is 0 Å². The third-order valence-corrected chi connectivity index (χ3v) is 5.03. The molecule has 0 N–H and O–H groups in total. The Kier molecular flexibility index (Phi) is 6.22. The number of benzene rings is 1. The minimum absolute atomic E-state index is 0.672. The van der Waals surface area contributed by atoms with Crippen LogP contribution in [0.5, 0.6) is 0 Å². The Morgan fingerprint density at radius 1 is 1.28 bits per heavy atom. The van der Waals surface area contributed by atoms with Gasteiger partial charge >= 0.3 is 0 Å². The van der Waals surface area contributed by atoms with Gasteiger partial charge in [0.2, 0.25) is 0 Å². The van der Waals surface area contributed by atoms with E-state index in [1.165, 1.54) is 0 Å². The molecule has 2 aromatic heterocycles. The number of pyridine rings is 1. The molecule has 0 bridgehead atoms. The number of nitrogens with zero attached hydrogens (tertiary/aromatic N) is 6. The van der Waals surface area contributed by atoms with Crippen LogP contribution in [0.25, 0.3) is 21.9 Å². The van der Waals surface area contributed by atoms with Crippen LogP contribution in [-0.2, 0) is 13.5 Å². The Balaban J connectivity index is 1.80. The zero-order valence-corrected chi connectivity index (χ0v) is 17.7. The van der Waals surface area contributed by atoms with E-state index in [2.05, 4.69) is 47.1 Å². The fraction of sp³-hybridized carbons (Fsp3) is 0.304. The molecule has 0 spiro atoms. The Morgan fingerprint density at radius 3 is 2.76 bits per heavy atom. The lowest BCUT2D eigenvalue weighted by molar-refractivity contribution is 0.554. The number of aromatic nitrogens is 3. The molecule has 0 fully saturated rings. The van der Waals surface area contributed by atoms with Gasteiger partial charge in [0.05, 0.1) is 16.6 Å². The van der Waals surface area contributed by atoms with Gasteiger partial charge in [0.15, 0.2) is 5.84 Å². The van der Waals surface area contributed by atoms with Crippen LogP contribution in [0.4, 0.5) is 0 Å². The summed E-state index contributed by atoms with van der Waals surface area (Å²) in [6.07, 6.45) is 5.56. The summed E-state index contributed by atoms with van der Waals surface area (Å²) in [4.78, 5) is 14.1. The van der Waals surface area contributed by atoms with E-state index in [9.17, 15) is 0 Å². The molecule has 3 aromatic rings. The van der Waals surface area contributed by atoms with Crippen molar-refractivity contribution in [2.45, 2.75) is 33.6 Å². The van der Waals surface area contributed by atoms with Crippen LogP contribution in [0.15, 0.2) is 64.5 Å². The largest absolute Gasteiger partial charge is 0.331 e. The standard InChI is InChI=1S/C23H28N6/c1-7-17(4)23(29(24-5)16(2)3)26-15-9-11-21-27-22-18-10-8-14-25-19(18)12-13-20(22)28(21)6/h7-8,10,12-14H,2,5,9,11,15H2,1,3-4,6H3/b17-7-,26-23-. The zero-order valence-electron chi connectivity index (χ0n) is 17.7. The van der Waals surface area contributed by atoms with Crippen LogP contribution in [0, 0.1) is 0 Å². The normalized spacial score (nSPS) is 12.6. The zero-order chi connectivity index (χ0) is 21.0. The summed E-state index contributed by atoms with van der Waals surface area (Å²) in [7, 11) is 2.07. The highest BCUT2D eigenvalue weighted by molar-refractivity contribution is 6.02. The summed E-state index contributed by atoms with van der Waals surface area (Å²) in [5, 5.41) is 6.83. The molecule has 0 amide bonds. The first-order chi connectivity index (χ1) is 14.0. The van der Waals surface area contributed by atoms with Crippen molar-refractivity contribution in [2.24, 2.45) is 17.1 Å². The summed E-state index contributed by atoms with van der Waals surface area (Å²) >= 11 is 0. The van der Waals surface area contributed by atoms with Crippen molar-refractivity contribution in [3.63, 3.8) is 0 Å². The highest BCUT2D eigenvalue weighted by Crippen LogP contribution is 2.24. The van der Waals surface area contributed by atoms with Crippen molar-refractivity contribution in [3.8, 4) is 0 Å². The molecule has 2 heterocycles. The first-order valence-corrected chi connectivity index (χ1v) is 9.77. The molecule has 0 atom stereocenters. The predicted octanol–water partition coefficient (Wildman–Crippen LogP) is 4.87. The Morgan fingerprint density at radius 2 is 2.07 bits per heavy atom. The smallest absolute Gasteiger partial charge is 0.151 e. The van der Waals surface area contributed by atoms with Crippen molar-refractivity contribution in [1.82, 2.24) is 19.5 Å². The second-order valence-corrected chi connectivity index (χ2v) is 7.06. The monoisotopic (exact) mass is 388 g/mol. The first kappa shape index (κ1) is 20.5. The van der Waals surface area contributed by atoms with Gasteiger partial charge in [-0.15, -0.1) is 0 Å². The van der Waals surface area contributed by atoms with Gasteiger partial charge in [-0.05, 0) is 57.0 Å². The van der Waals surface area contributed by atoms with Crippen molar-refractivity contribution >= 4 is 34.5 Å². The molecule has 0 unspecified atom stereocenters. The molecule has 3 rings (SSSR count). The number of allylic oxidation sites excluding steroid dienone is 2. The van der Waals surface area contributed by atoms with E-state index in [1.54, 1.807) is 5.01 Å². The van der Waals surface area contributed by atoms with Crippen LogP contribution in [0.3, 0.4) is 0 Å². The van der Waals surface area contributed by atoms with Crippen molar-refractivity contribution in [2.75, 3.05) is 6.54 Å². The van der Waals surface area contributed by atoms with E-state index in [0.717, 1.165) is 57.7 Å². The minimum atomic E-state index is 0.672. The number of hydrazone groups is 1. The lowest BCUT2D eigenvalue weighted by atomic mass is 10.2. The Bertz CT molecular complexity index is 1120. The topological polar surface area (TPSA) is 58.7 Å². The van der Waals surface area contributed by atoms with Crippen molar-refractivity contribution < 1.29 is 0 Å². The number of aliphatic imine (C=N–C) groups is 1. The number of hydrogen-bond acceptors (Lipinski definition) is 4. The van der Waals surface area contributed by atoms with E-state index in [4.69, 9.17) is 9.98 Å². The van der Waals surface area contributed by atoms with Crippen molar-refractivity contribution in [1.29, 1.82) is 0 Å². The van der Waals surface area contributed by atoms with Gasteiger partial charge in [-0.25, -0.2) is 9.99 Å². The molecule has 1 aromatic carbocycles. The summed E-state index contributed by atoms with van der Waals surface area (Å²) in [6, 6.07) is 8.17. The molecule has 0 aliphatic carbocycles. The molecular formula is C23H28N6. The first-order valence-electron chi connectivity index (χ1n) is 9.77. The van der Waals surface area contributed by atoms with Gasteiger partial charge < -0.3 is 4.57 Å². The maximum Gasteiger partial charge on any atom is 0.151 e. The fourth-order valence-electron chi connectivity index (χ4n) is 3.36. The minimum Gasteiger partial charge on any atom is -0.331 e. The highest BCUT2D eigenvalue weighted by Gasteiger charge is 2.13. The molecule has 29 heavy (non-hydrogen) atoms. The van der Waals surface area contributed by atoms with E-state index >= 15 is 0 Å². The number of amidine groups is 1. The molecule has 0 radical (unpaired) electrons. The molecule has 0 saturated carbocycles. The number of rotatable bonds is 7. The summed E-state index contributed by atoms with van der Waals surface area (Å²) in [5.41, 5.74) is 4.93. The summed E-state index contributed by atoms with van der Waals surface area (Å²) in [6.45, 7) is 14.2. The van der Waals surface area contributed by atoms with E-state index in [-0.39, 0.29) is 0 Å². The van der Waals surface area contributed by atoms with Gasteiger partial charge in [-0.1, -0.05) is 12.7 Å². The van der Waals surface area contributed by atoms with Crippen LogP contribution >= 0.6 is 0 Å². The number of fused-ring (bicyclic) bond motifs is 3. The maximum absolute atomic E-state index is 4.90. The summed E-state index contributed by atoms with van der Waals surface area (Å²) < 4.78 is 2.16. The number of aryl methyl sites for hydroxylation is 2. The van der Waals surface area contributed by atoms with Crippen LogP contribution in [0.2, 0.25) is 0 Å². The van der Waals surface area contributed by atoms with E-state index in [0.29, 0.717) is 6.54 Å². The maximum atomic E-state index is 4.90. The van der Waals surface area contributed by atoms with Crippen LogP contribution in [-0.4, -0.2) is 38.6 Å². The fourth-order valence-corrected chi connectivity index (χ4v) is 3.36. The third-order valence-electron chi connectivity index (χ3n) is 5.03.